The average molecular weight is 375 g/mol. The van der Waals surface area contributed by atoms with Gasteiger partial charge in [0.15, 0.2) is 10.8 Å². The molecule has 3 heterocycles. The maximum atomic E-state index is 12.4. The fourth-order valence-electron chi connectivity index (χ4n) is 2.91. The highest BCUT2D eigenvalue weighted by molar-refractivity contribution is 7.13. The standard InChI is InChI=1S/C17H21N5O3S/c1-25-17(24)22-10-3-2-5-13(22)15(23)20-9-6-12-11-26-16(21-12)14-18-7-4-8-19-14/h4,7-8,11,13H,2-3,5-6,9-10H2,1H3,(H,20,23)/t13-/m1/s1. The fraction of sp³-hybridized carbons (Fsp3) is 0.471. The van der Waals surface area contributed by atoms with Crippen LogP contribution >= 0.6 is 11.3 Å². The summed E-state index contributed by atoms with van der Waals surface area (Å²) in [4.78, 5) is 38.6. The Morgan fingerprint density at radius 1 is 1.35 bits per heavy atom. The zero-order valence-corrected chi connectivity index (χ0v) is 15.4. The van der Waals surface area contributed by atoms with Gasteiger partial charge in [0.1, 0.15) is 6.04 Å². The quantitative estimate of drug-likeness (QED) is 0.857. The Balaban J connectivity index is 1.52. The van der Waals surface area contributed by atoms with Crippen molar-refractivity contribution in [2.24, 2.45) is 0 Å². The third-order valence-corrected chi connectivity index (χ3v) is 5.09. The van der Waals surface area contributed by atoms with Gasteiger partial charge in [-0.1, -0.05) is 0 Å². The Bertz CT molecular complexity index is 752. The Labute approximate surface area is 155 Å². The number of carbonyl (C=O) groups excluding carboxylic acids is 2. The molecular weight excluding hydrogens is 354 g/mol. The Morgan fingerprint density at radius 3 is 2.92 bits per heavy atom. The summed E-state index contributed by atoms with van der Waals surface area (Å²) in [5.41, 5.74) is 0.881. The number of ether oxygens (including phenoxy) is 1. The van der Waals surface area contributed by atoms with Crippen molar-refractivity contribution in [3.05, 3.63) is 29.5 Å². The number of likely N-dealkylation sites (tertiary alicyclic amines) is 1. The zero-order chi connectivity index (χ0) is 18.4. The van der Waals surface area contributed by atoms with Gasteiger partial charge in [-0.25, -0.2) is 19.7 Å². The second-order valence-corrected chi connectivity index (χ2v) is 6.79. The summed E-state index contributed by atoms with van der Waals surface area (Å²) in [6.07, 6.45) is 6.01. The van der Waals surface area contributed by atoms with E-state index in [1.54, 1.807) is 18.5 Å². The van der Waals surface area contributed by atoms with Crippen LogP contribution in [0.25, 0.3) is 10.8 Å². The summed E-state index contributed by atoms with van der Waals surface area (Å²) in [5, 5.41) is 5.61. The largest absolute Gasteiger partial charge is 0.453 e. The minimum absolute atomic E-state index is 0.142. The summed E-state index contributed by atoms with van der Waals surface area (Å²) in [6.45, 7) is 1.01. The van der Waals surface area contributed by atoms with Crippen molar-refractivity contribution < 1.29 is 14.3 Å². The van der Waals surface area contributed by atoms with E-state index in [1.807, 2.05) is 5.38 Å². The fourth-order valence-corrected chi connectivity index (χ4v) is 3.70. The van der Waals surface area contributed by atoms with E-state index in [0.717, 1.165) is 23.5 Å². The molecule has 138 valence electrons. The molecule has 0 radical (unpaired) electrons. The van der Waals surface area contributed by atoms with E-state index >= 15 is 0 Å². The maximum Gasteiger partial charge on any atom is 0.410 e. The van der Waals surface area contributed by atoms with Crippen LogP contribution in [0, 0.1) is 0 Å². The van der Waals surface area contributed by atoms with Crippen LogP contribution in [0.3, 0.4) is 0 Å². The van der Waals surface area contributed by atoms with Gasteiger partial charge in [0.2, 0.25) is 5.91 Å². The minimum Gasteiger partial charge on any atom is -0.453 e. The normalized spacial score (nSPS) is 17.0. The minimum atomic E-state index is -0.458. The van der Waals surface area contributed by atoms with Crippen molar-refractivity contribution in [2.75, 3.05) is 20.2 Å². The van der Waals surface area contributed by atoms with Gasteiger partial charge >= 0.3 is 6.09 Å². The molecule has 0 unspecified atom stereocenters. The van der Waals surface area contributed by atoms with E-state index in [0.29, 0.717) is 31.8 Å². The maximum absolute atomic E-state index is 12.4. The lowest BCUT2D eigenvalue weighted by atomic mass is 10.0. The summed E-state index contributed by atoms with van der Waals surface area (Å²) in [5.74, 6) is 0.459. The monoisotopic (exact) mass is 375 g/mol. The molecule has 3 rings (SSSR count). The number of rotatable bonds is 5. The zero-order valence-electron chi connectivity index (χ0n) is 14.6. The molecule has 1 aliphatic heterocycles. The SMILES string of the molecule is COC(=O)N1CCCC[C@@H]1C(=O)NCCc1csc(-c2ncccn2)n1. The average Bonchev–Trinajstić information content (AvgIpc) is 3.17. The van der Waals surface area contributed by atoms with Gasteiger partial charge in [0, 0.05) is 37.3 Å². The molecule has 0 aromatic carbocycles. The van der Waals surface area contributed by atoms with Crippen molar-refractivity contribution in [3.63, 3.8) is 0 Å². The van der Waals surface area contributed by atoms with Crippen LogP contribution in [-0.4, -0.2) is 58.1 Å². The van der Waals surface area contributed by atoms with E-state index in [2.05, 4.69) is 20.3 Å². The second kappa shape index (κ2) is 8.70. The highest BCUT2D eigenvalue weighted by atomic mass is 32.1. The highest BCUT2D eigenvalue weighted by Crippen LogP contribution is 2.20. The van der Waals surface area contributed by atoms with Crippen molar-refractivity contribution >= 4 is 23.3 Å². The number of nitrogens with zero attached hydrogens (tertiary/aromatic N) is 4. The molecule has 9 heteroatoms. The molecule has 1 saturated heterocycles. The predicted molar refractivity (Wildman–Crippen MR) is 96.6 cm³/mol. The summed E-state index contributed by atoms with van der Waals surface area (Å²) in [7, 11) is 1.34. The number of nitrogens with one attached hydrogen (secondary N) is 1. The van der Waals surface area contributed by atoms with Gasteiger partial charge in [-0.15, -0.1) is 11.3 Å². The molecule has 1 fully saturated rings. The van der Waals surface area contributed by atoms with Gasteiger partial charge in [0.25, 0.3) is 0 Å². The summed E-state index contributed by atoms with van der Waals surface area (Å²) >= 11 is 1.48. The first-order valence-electron chi connectivity index (χ1n) is 8.53. The summed E-state index contributed by atoms with van der Waals surface area (Å²) < 4.78 is 4.78. The van der Waals surface area contributed by atoms with Crippen LogP contribution in [-0.2, 0) is 16.0 Å². The molecule has 2 aromatic heterocycles. The first kappa shape index (κ1) is 18.2. The van der Waals surface area contributed by atoms with Crippen molar-refractivity contribution in [2.45, 2.75) is 31.7 Å². The van der Waals surface area contributed by atoms with Crippen LogP contribution in [0.1, 0.15) is 25.0 Å². The number of hydrogen-bond donors (Lipinski definition) is 1. The molecule has 0 bridgehead atoms. The number of amides is 2. The Kier molecular flexibility index (Phi) is 6.11. The molecule has 1 aliphatic rings. The van der Waals surface area contributed by atoms with Crippen LogP contribution in [0.15, 0.2) is 23.8 Å². The van der Waals surface area contributed by atoms with E-state index in [4.69, 9.17) is 4.74 Å². The van der Waals surface area contributed by atoms with Crippen molar-refractivity contribution in [3.8, 4) is 10.8 Å². The van der Waals surface area contributed by atoms with E-state index in [1.165, 1.54) is 23.3 Å². The first-order chi connectivity index (χ1) is 12.7. The molecule has 0 aliphatic carbocycles. The molecule has 0 spiro atoms. The Hall–Kier alpha value is -2.55. The third-order valence-electron chi connectivity index (χ3n) is 4.20. The molecule has 2 amide bonds. The molecular formula is C17H21N5O3S. The lowest BCUT2D eigenvalue weighted by molar-refractivity contribution is -0.126. The van der Waals surface area contributed by atoms with Crippen molar-refractivity contribution in [1.82, 2.24) is 25.2 Å². The van der Waals surface area contributed by atoms with E-state index in [9.17, 15) is 9.59 Å². The number of thiazole rings is 1. The molecule has 1 N–H and O–H groups in total. The van der Waals surface area contributed by atoms with Gasteiger partial charge < -0.3 is 10.1 Å². The Morgan fingerprint density at radius 2 is 2.15 bits per heavy atom. The van der Waals surface area contributed by atoms with E-state index < -0.39 is 12.1 Å². The van der Waals surface area contributed by atoms with Gasteiger partial charge in [-0.3, -0.25) is 9.69 Å². The van der Waals surface area contributed by atoms with Gasteiger partial charge in [0.05, 0.1) is 12.8 Å². The highest BCUT2D eigenvalue weighted by Gasteiger charge is 2.32. The van der Waals surface area contributed by atoms with Crippen LogP contribution in [0.5, 0.6) is 0 Å². The van der Waals surface area contributed by atoms with Crippen LogP contribution < -0.4 is 5.32 Å². The van der Waals surface area contributed by atoms with Gasteiger partial charge in [-0.05, 0) is 25.3 Å². The summed E-state index contributed by atoms with van der Waals surface area (Å²) in [6, 6.07) is 1.30. The lowest BCUT2D eigenvalue weighted by Gasteiger charge is -2.33. The van der Waals surface area contributed by atoms with E-state index in [-0.39, 0.29) is 5.91 Å². The smallest absolute Gasteiger partial charge is 0.410 e. The molecule has 2 aromatic rings. The molecule has 26 heavy (non-hydrogen) atoms. The predicted octanol–water partition coefficient (Wildman–Crippen LogP) is 1.88. The topological polar surface area (TPSA) is 97.3 Å². The number of carbonyl (C=O) groups is 2. The van der Waals surface area contributed by atoms with Crippen LogP contribution in [0.2, 0.25) is 0 Å². The number of piperidine rings is 1. The molecule has 1 atom stereocenters. The number of aromatic nitrogens is 3. The number of hydrogen-bond acceptors (Lipinski definition) is 7. The molecule has 0 saturated carbocycles. The first-order valence-corrected chi connectivity index (χ1v) is 9.41. The molecule has 8 nitrogen and oxygen atoms in total. The third kappa shape index (κ3) is 4.34. The van der Waals surface area contributed by atoms with Crippen LogP contribution in [0.4, 0.5) is 4.79 Å². The van der Waals surface area contributed by atoms with Gasteiger partial charge in [-0.2, -0.15) is 0 Å². The lowest BCUT2D eigenvalue weighted by Crippen LogP contribution is -2.52. The van der Waals surface area contributed by atoms with Crippen molar-refractivity contribution in [1.29, 1.82) is 0 Å². The number of methoxy groups -OCH3 is 1. The second-order valence-electron chi connectivity index (χ2n) is 5.93.